The fraction of sp³-hybridized carbons (Fsp3) is 0.510. The number of alkyl carbamates (subject to hydrolysis) is 1. The van der Waals surface area contributed by atoms with Crippen molar-refractivity contribution in [2.24, 2.45) is 11.8 Å². The molecule has 6 atom stereocenters. The van der Waals surface area contributed by atoms with Gasteiger partial charge in [0.15, 0.2) is 0 Å². The van der Waals surface area contributed by atoms with Gasteiger partial charge >= 0.3 is 12.2 Å². The molecule has 5 aromatic rings. The highest BCUT2D eigenvalue weighted by Crippen LogP contribution is 2.49. The molecule has 15 heteroatoms. The zero-order chi connectivity index (χ0) is 45.0. The molecule has 4 amide bonds. The lowest BCUT2D eigenvalue weighted by Crippen LogP contribution is -2.51. The average Bonchev–Trinajstić information content (AvgIpc) is 3.82. The van der Waals surface area contributed by atoms with Gasteiger partial charge in [0.25, 0.3) is 0 Å². The maximum absolute atomic E-state index is 13.9. The van der Waals surface area contributed by atoms with Gasteiger partial charge < -0.3 is 39.8 Å². The number of fused-ring (bicyclic) bond motifs is 2. The van der Waals surface area contributed by atoms with Gasteiger partial charge in [-0.3, -0.25) is 14.5 Å². The first kappa shape index (κ1) is 43.1. The number of aromatic amines is 2. The van der Waals surface area contributed by atoms with Gasteiger partial charge in [0, 0.05) is 25.8 Å². The predicted molar refractivity (Wildman–Crippen MR) is 244 cm³/mol. The first-order valence-electron chi connectivity index (χ1n) is 23.1. The largest absolute Gasteiger partial charge is 0.465 e. The number of benzene rings is 3. The molecule has 0 radical (unpaired) electrons. The summed E-state index contributed by atoms with van der Waals surface area (Å²) in [4.78, 5) is 76.5. The number of hydrogen-bond donors (Lipinski definition) is 4. The van der Waals surface area contributed by atoms with Crippen LogP contribution in [0.5, 0.6) is 0 Å². The van der Waals surface area contributed by atoms with E-state index in [1.165, 1.54) is 49.4 Å². The number of likely N-dealkylation sites (N-methyl/N-ethyl adjacent to an activating group) is 1. The molecule has 4 fully saturated rings. The van der Waals surface area contributed by atoms with Crippen LogP contribution in [0.3, 0.4) is 0 Å². The predicted octanol–water partition coefficient (Wildman–Crippen LogP) is 8.74. The number of carbonyl (C=O) groups is 4. The second-order valence-corrected chi connectivity index (χ2v) is 19.0. The number of nitrogens with one attached hydrogen (secondary N) is 3. The van der Waals surface area contributed by atoms with E-state index < -0.39 is 24.3 Å². The molecule has 15 nitrogen and oxygen atoms in total. The third kappa shape index (κ3) is 8.13. The number of carbonyl (C=O) groups excluding carboxylic acids is 3. The normalized spacial score (nSPS) is 22.2. The first-order valence-corrected chi connectivity index (χ1v) is 23.1. The number of ether oxygens (including phenoxy) is 1. The van der Waals surface area contributed by atoms with Gasteiger partial charge in [-0.25, -0.2) is 19.6 Å². The summed E-state index contributed by atoms with van der Waals surface area (Å²) in [7, 11) is 2.77. The van der Waals surface area contributed by atoms with Crippen LogP contribution in [0.4, 0.5) is 15.3 Å². The quantitative estimate of drug-likeness (QED) is 0.0954. The fourth-order valence-electron chi connectivity index (χ4n) is 10.7. The van der Waals surface area contributed by atoms with Crippen molar-refractivity contribution < 1.29 is 29.0 Å². The Morgan fingerprint density at radius 3 is 1.69 bits per heavy atom. The number of aromatic nitrogens is 4. The van der Waals surface area contributed by atoms with E-state index >= 15 is 0 Å². The Labute approximate surface area is 373 Å². The van der Waals surface area contributed by atoms with Crippen molar-refractivity contribution in [3.63, 3.8) is 0 Å². The highest BCUT2D eigenvalue weighted by molar-refractivity contribution is 5.87. The van der Waals surface area contributed by atoms with Crippen molar-refractivity contribution in [1.29, 1.82) is 0 Å². The number of H-pyrrole nitrogens is 2. The van der Waals surface area contributed by atoms with Crippen LogP contribution in [0.15, 0.2) is 60.7 Å². The van der Waals surface area contributed by atoms with Crippen LogP contribution in [-0.4, -0.2) is 103 Å². The molecule has 1 aliphatic carbocycles. The molecule has 0 bridgehead atoms. The van der Waals surface area contributed by atoms with E-state index in [-0.39, 0.29) is 47.8 Å². The molecule has 9 rings (SSSR count). The Balaban J connectivity index is 0.999. The lowest BCUT2D eigenvalue weighted by atomic mass is 10.0. The number of likely N-dealkylation sites (tertiary alicyclic amines) is 2. The van der Waals surface area contributed by atoms with Gasteiger partial charge in [-0.2, -0.15) is 0 Å². The summed E-state index contributed by atoms with van der Waals surface area (Å²) < 4.78 is 4.83. The van der Waals surface area contributed by atoms with Crippen LogP contribution in [0.25, 0.3) is 22.1 Å². The molecule has 3 saturated heterocycles. The van der Waals surface area contributed by atoms with E-state index in [1.54, 1.807) is 0 Å². The molecule has 64 heavy (non-hydrogen) atoms. The van der Waals surface area contributed by atoms with Gasteiger partial charge in [0.1, 0.15) is 23.7 Å². The van der Waals surface area contributed by atoms with E-state index in [2.05, 4.69) is 80.8 Å². The maximum atomic E-state index is 13.9. The van der Waals surface area contributed by atoms with Crippen molar-refractivity contribution >= 4 is 51.8 Å². The van der Waals surface area contributed by atoms with E-state index in [0.717, 1.165) is 77.1 Å². The average molecular weight is 872 g/mol. The molecule has 2 aromatic heterocycles. The molecule has 338 valence electrons. The lowest BCUT2D eigenvalue weighted by Gasteiger charge is -2.33. The van der Waals surface area contributed by atoms with Crippen LogP contribution in [0, 0.1) is 11.8 Å². The summed E-state index contributed by atoms with van der Waals surface area (Å²) in [5, 5.41) is 12.5. The third-order valence-corrected chi connectivity index (χ3v) is 14.1. The van der Waals surface area contributed by atoms with Crippen LogP contribution < -0.4 is 10.2 Å². The van der Waals surface area contributed by atoms with Crippen LogP contribution in [0.1, 0.15) is 137 Å². The van der Waals surface area contributed by atoms with Crippen molar-refractivity contribution in [2.45, 2.75) is 121 Å². The molecule has 4 aliphatic rings. The number of nitrogens with zero attached hydrogens (tertiary/aromatic N) is 6. The molecular formula is C49H61N9O6. The van der Waals surface area contributed by atoms with Crippen molar-refractivity contribution in [2.75, 3.05) is 32.1 Å². The number of rotatable bonds is 12. The highest BCUT2D eigenvalue weighted by Gasteiger charge is 2.41. The number of amides is 4. The van der Waals surface area contributed by atoms with E-state index in [9.17, 15) is 24.3 Å². The van der Waals surface area contributed by atoms with Crippen LogP contribution in [0.2, 0.25) is 0 Å². The number of hydrogen-bond acceptors (Lipinski definition) is 8. The molecular weight excluding hydrogens is 811 g/mol. The van der Waals surface area contributed by atoms with Crippen LogP contribution >= 0.6 is 0 Å². The summed E-state index contributed by atoms with van der Waals surface area (Å²) in [5.41, 5.74) is 8.43. The zero-order valence-corrected chi connectivity index (χ0v) is 37.7. The van der Waals surface area contributed by atoms with Crippen molar-refractivity contribution in [3.05, 3.63) is 89.0 Å². The van der Waals surface area contributed by atoms with Crippen LogP contribution in [-0.2, 0) is 14.3 Å². The third-order valence-electron chi connectivity index (χ3n) is 14.1. The van der Waals surface area contributed by atoms with Gasteiger partial charge in [-0.1, -0.05) is 52.0 Å². The second kappa shape index (κ2) is 17.5. The lowest BCUT2D eigenvalue weighted by molar-refractivity contribution is -0.138. The molecule has 1 saturated carbocycles. The van der Waals surface area contributed by atoms with Gasteiger partial charge in [0.05, 0.1) is 53.3 Å². The number of imidazole rings is 2. The standard InChI is InChI=1S/C49H61N9O6/c1-27(2)42(54-48(61)64-6)46(59)56-23-7-9-40(56)44-50-34-19-15-31(25-36(34)52-44)38-21-22-39(58(38)33-17-13-30(14-18-33)29-11-12-29)32-16-20-35-37(26-32)53-45(51-35)41-10-8-24-57(41)47(60)43(28(3)4)55(5)49(62)63/h13-20,25-29,38-43H,7-12,21-24H2,1-6H3,(H,50,52)(H,51,53)(H,54,61)(H,62,63)/t38-,39-,40+,41+,42+,43+/m1/s1. The summed E-state index contributed by atoms with van der Waals surface area (Å²) in [6.07, 6.45) is 5.80. The minimum Gasteiger partial charge on any atom is -0.465 e. The zero-order valence-electron chi connectivity index (χ0n) is 37.7. The Kier molecular flexibility index (Phi) is 11.8. The summed E-state index contributed by atoms with van der Waals surface area (Å²) >= 11 is 0. The first-order chi connectivity index (χ1) is 30.8. The van der Waals surface area contributed by atoms with E-state index in [0.29, 0.717) is 19.0 Å². The fourth-order valence-corrected chi connectivity index (χ4v) is 10.7. The maximum Gasteiger partial charge on any atom is 0.407 e. The number of carboxylic acid groups (broad SMARTS) is 1. The minimum absolute atomic E-state index is 0.0782. The van der Waals surface area contributed by atoms with Gasteiger partial charge in [0.2, 0.25) is 11.8 Å². The van der Waals surface area contributed by atoms with Crippen molar-refractivity contribution in [1.82, 2.24) is 40.0 Å². The Morgan fingerprint density at radius 2 is 1.22 bits per heavy atom. The van der Waals surface area contributed by atoms with E-state index in [1.807, 2.05) is 37.5 Å². The molecule has 3 aromatic carbocycles. The second-order valence-electron chi connectivity index (χ2n) is 19.0. The van der Waals surface area contributed by atoms with Gasteiger partial charge in [-0.05, 0) is 122 Å². The summed E-state index contributed by atoms with van der Waals surface area (Å²) in [6.45, 7) is 8.74. The minimum atomic E-state index is -1.12. The Bertz CT molecular complexity index is 2550. The highest BCUT2D eigenvalue weighted by atomic mass is 16.5. The number of methoxy groups -OCH3 is 1. The monoisotopic (exact) mass is 871 g/mol. The summed E-state index contributed by atoms with van der Waals surface area (Å²) in [6, 6.07) is 20.3. The smallest absolute Gasteiger partial charge is 0.407 e. The Morgan fingerprint density at radius 1 is 0.703 bits per heavy atom. The molecule has 0 unspecified atom stereocenters. The van der Waals surface area contributed by atoms with E-state index in [4.69, 9.17) is 14.7 Å². The van der Waals surface area contributed by atoms with Crippen molar-refractivity contribution in [3.8, 4) is 0 Å². The number of anilines is 1. The summed E-state index contributed by atoms with van der Waals surface area (Å²) in [5.74, 6) is 1.51. The molecule has 0 spiro atoms. The Hall–Kier alpha value is -6.12. The molecule has 3 aliphatic heterocycles. The van der Waals surface area contributed by atoms with Gasteiger partial charge in [-0.15, -0.1) is 0 Å². The molecule has 5 heterocycles. The topological polar surface area (TPSA) is 180 Å². The SMILES string of the molecule is COC(=O)N[C@H](C(=O)N1CCC[C@H]1c1nc2ccc([C@H]3CC[C@H](c4ccc5nc([C@@H]6CCCN6C(=O)[C@H](C(C)C)N(C)C(=O)O)[nH]c5c4)N3c3ccc(C4CC4)cc3)cc2[nH]1)C(C)C. The molecule has 4 N–H and O–H groups in total.